The summed E-state index contributed by atoms with van der Waals surface area (Å²) in [7, 11) is 1.36. The van der Waals surface area contributed by atoms with E-state index in [9.17, 15) is 18.0 Å². The first-order valence-corrected chi connectivity index (χ1v) is 4.30. The predicted octanol–water partition coefficient (Wildman–Crippen LogP) is 2.41. The van der Waals surface area contributed by atoms with Crippen LogP contribution in [0.4, 0.5) is 13.2 Å². The maximum atomic E-state index is 11.8. The van der Waals surface area contributed by atoms with Gasteiger partial charge in [0, 0.05) is 12.7 Å². The van der Waals surface area contributed by atoms with Gasteiger partial charge in [-0.05, 0) is 24.3 Å². The molecule has 0 amide bonds. The number of halogens is 3. The number of Topliss-reactive ketones (excluding diaryl/α,β-unsaturated/α-hetero) is 1. The summed E-state index contributed by atoms with van der Waals surface area (Å²) >= 11 is 0. The Morgan fingerprint density at radius 1 is 1.25 bits per heavy atom. The lowest BCUT2D eigenvalue weighted by molar-refractivity contribution is -0.274. The fourth-order valence-electron chi connectivity index (χ4n) is 1.06. The van der Waals surface area contributed by atoms with Crippen LogP contribution in [-0.4, -0.2) is 25.9 Å². The van der Waals surface area contributed by atoms with Gasteiger partial charge in [-0.2, -0.15) is 0 Å². The lowest BCUT2D eigenvalue weighted by atomic mass is 10.1. The Kier molecular flexibility index (Phi) is 3.89. The Morgan fingerprint density at radius 3 is 2.25 bits per heavy atom. The smallest absolute Gasteiger partial charge is 0.406 e. The largest absolute Gasteiger partial charge is 0.573 e. The molecule has 0 aliphatic rings. The zero-order valence-corrected chi connectivity index (χ0v) is 8.38. The summed E-state index contributed by atoms with van der Waals surface area (Å²) in [5, 5.41) is 0. The molecule has 0 saturated heterocycles. The van der Waals surface area contributed by atoms with E-state index in [0.717, 1.165) is 12.1 Å². The molecule has 6 heteroatoms. The van der Waals surface area contributed by atoms with E-state index < -0.39 is 6.36 Å². The van der Waals surface area contributed by atoms with Gasteiger partial charge >= 0.3 is 6.36 Å². The van der Waals surface area contributed by atoms with Crippen LogP contribution in [0.2, 0.25) is 0 Å². The molecule has 0 spiro atoms. The zero-order valence-electron chi connectivity index (χ0n) is 8.38. The van der Waals surface area contributed by atoms with Gasteiger partial charge in [-0.1, -0.05) is 0 Å². The average Bonchev–Trinajstić information content (AvgIpc) is 2.16. The monoisotopic (exact) mass is 234 g/mol. The SMILES string of the molecule is COCC(=O)c1ccc(OC(F)(F)F)cc1. The molecule has 0 aliphatic heterocycles. The van der Waals surface area contributed by atoms with Crippen molar-refractivity contribution in [3.63, 3.8) is 0 Å². The van der Waals surface area contributed by atoms with Crippen LogP contribution < -0.4 is 4.74 Å². The van der Waals surface area contributed by atoms with E-state index in [1.54, 1.807) is 0 Å². The Balaban J connectivity index is 2.72. The quantitative estimate of drug-likeness (QED) is 0.750. The molecule has 0 heterocycles. The number of rotatable bonds is 4. The van der Waals surface area contributed by atoms with Crippen LogP contribution in [0.15, 0.2) is 24.3 Å². The Hall–Kier alpha value is -1.56. The van der Waals surface area contributed by atoms with Crippen molar-refractivity contribution in [3.05, 3.63) is 29.8 Å². The van der Waals surface area contributed by atoms with Crippen LogP contribution in [-0.2, 0) is 4.74 Å². The molecule has 0 atom stereocenters. The van der Waals surface area contributed by atoms with E-state index in [2.05, 4.69) is 9.47 Å². The summed E-state index contributed by atoms with van der Waals surface area (Å²) in [6.07, 6.45) is -4.72. The number of carbonyl (C=O) groups excluding carboxylic acids is 1. The topological polar surface area (TPSA) is 35.5 Å². The molecule has 88 valence electrons. The number of ketones is 1. The molecule has 0 aromatic heterocycles. The number of hydrogen-bond acceptors (Lipinski definition) is 3. The summed E-state index contributed by atoms with van der Waals surface area (Å²) in [4.78, 5) is 11.3. The Bertz CT molecular complexity index is 357. The van der Waals surface area contributed by atoms with Crippen molar-refractivity contribution in [1.29, 1.82) is 0 Å². The number of carbonyl (C=O) groups is 1. The third-order valence-corrected chi connectivity index (χ3v) is 1.69. The van der Waals surface area contributed by atoms with Gasteiger partial charge in [0.25, 0.3) is 0 Å². The molecule has 0 unspecified atom stereocenters. The van der Waals surface area contributed by atoms with Crippen LogP contribution in [0.25, 0.3) is 0 Å². The molecule has 1 rings (SSSR count). The highest BCUT2D eigenvalue weighted by molar-refractivity contribution is 5.97. The van der Waals surface area contributed by atoms with Crippen molar-refractivity contribution in [2.75, 3.05) is 13.7 Å². The van der Waals surface area contributed by atoms with Crippen LogP contribution >= 0.6 is 0 Å². The Labute approximate surface area is 89.8 Å². The maximum absolute atomic E-state index is 11.8. The van der Waals surface area contributed by atoms with E-state index in [0.29, 0.717) is 0 Å². The number of alkyl halides is 3. The molecule has 16 heavy (non-hydrogen) atoms. The second-order valence-corrected chi connectivity index (χ2v) is 2.93. The van der Waals surface area contributed by atoms with Crippen molar-refractivity contribution in [2.45, 2.75) is 6.36 Å². The van der Waals surface area contributed by atoms with Crippen LogP contribution in [0.1, 0.15) is 10.4 Å². The highest BCUT2D eigenvalue weighted by Crippen LogP contribution is 2.22. The van der Waals surface area contributed by atoms with E-state index in [-0.39, 0.29) is 23.7 Å². The molecule has 3 nitrogen and oxygen atoms in total. The van der Waals surface area contributed by atoms with Gasteiger partial charge in [0.15, 0.2) is 5.78 Å². The molecule has 0 aliphatic carbocycles. The molecule has 0 N–H and O–H groups in total. The van der Waals surface area contributed by atoms with Crippen molar-refractivity contribution < 1.29 is 27.4 Å². The maximum Gasteiger partial charge on any atom is 0.573 e. The molecule has 1 aromatic rings. The van der Waals surface area contributed by atoms with Crippen molar-refractivity contribution in [1.82, 2.24) is 0 Å². The molecule has 0 fully saturated rings. The fourth-order valence-corrected chi connectivity index (χ4v) is 1.06. The standard InChI is InChI=1S/C10H9F3O3/c1-15-6-9(14)7-2-4-8(5-3-7)16-10(11,12)13/h2-5H,6H2,1H3. The minimum Gasteiger partial charge on any atom is -0.406 e. The first-order valence-electron chi connectivity index (χ1n) is 4.30. The van der Waals surface area contributed by atoms with Gasteiger partial charge in [-0.3, -0.25) is 4.79 Å². The minimum atomic E-state index is -4.72. The number of hydrogen-bond donors (Lipinski definition) is 0. The molecule has 0 saturated carbocycles. The fraction of sp³-hybridized carbons (Fsp3) is 0.300. The van der Waals surface area contributed by atoms with Gasteiger partial charge in [0.1, 0.15) is 12.4 Å². The van der Waals surface area contributed by atoms with Gasteiger partial charge in [-0.15, -0.1) is 13.2 Å². The van der Waals surface area contributed by atoms with Crippen LogP contribution in [0.3, 0.4) is 0 Å². The highest BCUT2D eigenvalue weighted by atomic mass is 19.4. The van der Waals surface area contributed by atoms with Gasteiger partial charge in [-0.25, -0.2) is 0 Å². The van der Waals surface area contributed by atoms with Crippen LogP contribution in [0.5, 0.6) is 5.75 Å². The lowest BCUT2D eigenvalue weighted by Crippen LogP contribution is -2.17. The molecular formula is C10H9F3O3. The second-order valence-electron chi connectivity index (χ2n) is 2.93. The van der Waals surface area contributed by atoms with E-state index in [4.69, 9.17) is 0 Å². The third-order valence-electron chi connectivity index (χ3n) is 1.69. The summed E-state index contributed by atoms with van der Waals surface area (Å²) in [6, 6.07) is 4.66. The molecule has 0 radical (unpaired) electrons. The normalized spacial score (nSPS) is 11.2. The van der Waals surface area contributed by atoms with Gasteiger partial charge in [0.05, 0.1) is 0 Å². The zero-order chi connectivity index (χ0) is 12.2. The second kappa shape index (κ2) is 4.98. The molecular weight excluding hydrogens is 225 g/mol. The van der Waals surface area contributed by atoms with Gasteiger partial charge < -0.3 is 9.47 Å². The van der Waals surface area contributed by atoms with Crippen molar-refractivity contribution >= 4 is 5.78 Å². The Morgan fingerprint density at radius 2 is 1.81 bits per heavy atom. The van der Waals surface area contributed by atoms with Gasteiger partial charge in [0.2, 0.25) is 0 Å². The van der Waals surface area contributed by atoms with E-state index in [1.807, 2.05) is 0 Å². The third kappa shape index (κ3) is 3.90. The number of methoxy groups -OCH3 is 1. The number of ether oxygens (including phenoxy) is 2. The van der Waals surface area contributed by atoms with Crippen molar-refractivity contribution in [3.8, 4) is 5.75 Å². The van der Waals surface area contributed by atoms with Crippen LogP contribution in [0, 0.1) is 0 Å². The highest BCUT2D eigenvalue weighted by Gasteiger charge is 2.30. The first-order chi connectivity index (χ1) is 7.42. The predicted molar refractivity (Wildman–Crippen MR) is 49.3 cm³/mol. The summed E-state index contributed by atoms with van der Waals surface area (Å²) in [6.45, 7) is -0.112. The van der Waals surface area contributed by atoms with E-state index >= 15 is 0 Å². The molecule has 1 aromatic carbocycles. The first kappa shape index (κ1) is 12.5. The minimum absolute atomic E-state index is 0.112. The molecule has 0 bridgehead atoms. The summed E-state index contributed by atoms with van der Waals surface area (Å²) < 4.78 is 43.7. The summed E-state index contributed by atoms with van der Waals surface area (Å²) in [5.74, 6) is -0.664. The summed E-state index contributed by atoms with van der Waals surface area (Å²) in [5.41, 5.74) is 0.274. The van der Waals surface area contributed by atoms with E-state index in [1.165, 1.54) is 19.2 Å². The average molecular weight is 234 g/mol. The lowest BCUT2D eigenvalue weighted by Gasteiger charge is -2.08. The number of benzene rings is 1. The van der Waals surface area contributed by atoms with Crippen molar-refractivity contribution in [2.24, 2.45) is 0 Å².